The van der Waals surface area contributed by atoms with Crippen molar-refractivity contribution in [1.29, 1.82) is 0 Å². The Morgan fingerprint density at radius 3 is 2.52 bits per heavy atom. The van der Waals surface area contributed by atoms with Crippen LogP contribution < -0.4 is 10.0 Å². The molecule has 2 N–H and O–H groups in total. The smallest absolute Gasteiger partial charge is 0.221 e. The fourth-order valence-electron chi connectivity index (χ4n) is 2.47. The van der Waals surface area contributed by atoms with Crippen LogP contribution in [-0.2, 0) is 21.2 Å². The summed E-state index contributed by atoms with van der Waals surface area (Å²) in [6.07, 6.45) is 1.94. The molecule has 0 heterocycles. The van der Waals surface area contributed by atoms with E-state index in [1.807, 2.05) is 19.1 Å². The Kier molecular flexibility index (Phi) is 5.74. The van der Waals surface area contributed by atoms with Gasteiger partial charge in [-0.25, -0.2) is 13.1 Å². The summed E-state index contributed by atoms with van der Waals surface area (Å²) in [5.74, 6) is -0.158. The van der Waals surface area contributed by atoms with E-state index in [0.29, 0.717) is 0 Å². The number of carbonyl (C=O) groups is 1. The molecule has 23 heavy (non-hydrogen) atoms. The predicted molar refractivity (Wildman–Crippen MR) is 92.7 cm³/mol. The van der Waals surface area contributed by atoms with Gasteiger partial charge in [0.2, 0.25) is 15.9 Å². The lowest BCUT2D eigenvalue weighted by Crippen LogP contribution is -2.36. The van der Waals surface area contributed by atoms with E-state index in [1.165, 1.54) is 10.8 Å². The Hall–Kier alpha value is -1.92. The molecule has 6 heteroatoms. The predicted octanol–water partition coefficient (Wildman–Crippen LogP) is 1.83. The normalized spacial score (nSPS) is 13.0. The molecule has 0 fully saturated rings. The van der Waals surface area contributed by atoms with E-state index in [9.17, 15) is 13.2 Å². The summed E-state index contributed by atoms with van der Waals surface area (Å²) >= 11 is 0. The third kappa shape index (κ3) is 6.00. The minimum absolute atomic E-state index is 0.0121. The van der Waals surface area contributed by atoms with E-state index < -0.39 is 10.0 Å². The Morgan fingerprint density at radius 1 is 1.13 bits per heavy atom. The first-order valence-corrected chi connectivity index (χ1v) is 9.44. The second kappa shape index (κ2) is 7.57. The SMILES string of the molecule is C[C@H](Cc1ccc2ccccc2c1)NC(=O)CCNS(C)(=O)=O. The molecule has 5 nitrogen and oxygen atoms in total. The molecule has 0 aromatic heterocycles. The molecule has 0 unspecified atom stereocenters. The maximum atomic E-state index is 11.8. The molecule has 0 spiro atoms. The van der Waals surface area contributed by atoms with Crippen LogP contribution in [0.2, 0.25) is 0 Å². The fraction of sp³-hybridized carbons (Fsp3) is 0.353. The van der Waals surface area contributed by atoms with Gasteiger partial charge in [0.25, 0.3) is 0 Å². The number of nitrogens with one attached hydrogen (secondary N) is 2. The van der Waals surface area contributed by atoms with Gasteiger partial charge in [0.05, 0.1) is 6.26 Å². The van der Waals surface area contributed by atoms with Crippen molar-refractivity contribution in [3.63, 3.8) is 0 Å². The zero-order chi connectivity index (χ0) is 16.9. The van der Waals surface area contributed by atoms with Crippen LogP contribution in [0.25, 0.3) is 10.8 Å². The number of amides is 1. The highest BCUT2D eigenvalue weighted by atomic mass is 32.2. The van der Waals surface area contributed by atoms with Crippen LogP contribution in [-0.4, -0.2) is 33.2 Å². The number of hydrogen-bond donors (Lipinski definition) is 2. The first kappa shape index (κ1) is 17.4. The van der Waals surface area contributed by atoms with Gasteiger partial charge in [-0.2, -0.15) is 0 Å². The minimum atomic E-state index is -3.25. The maximum absolute atomic E-state index is 11.8. The monoisotopic (exact) mass is 334 g/mol. The van der Waals surface area contributed by atoms with Crippen molar-refractivity contribution >= 4 is 26.7 Å². The first-order valence-electron chi connectivity index (χ1n) is 7.55. The molecule has 124 valence electrons. The summed E-state index contributed by atoms with van der Waals surface area (Å²) in [6, 6.07) is 14.4. The summed E-state index contributed by atoms with van der Waals surface area (Å²) in [7, 11) is -3.25. The van der Waals surface area contributed by atoms with Gasteiger partial charge in [-0.05, 0) is 29.7 Å². The summed E-state index contributed by atoms with van der Waals surface area (Å²) in [5, 5.41) is 5.26. The quantitative estimate of drug-likeness (QED) is 0.811. The van der Waals surface area contributed by atoms with E-state index in [1.54, 1.807) is 0 Å². The molecule has 0 radical (unpaired) electrons. The molecule has 1 atom stereocenters. The van der Waals surface area contributed by atoms with Gasteiger partial charge in [-0.1, -0.05) is 42.5 Å². The first-order chi connectivity index (χ1) is 10.8. The van der Waals surface area contributed by atoms with Gasteiger partial charge in [0.15, 0.2) is 0 Å². The van der Waals surface area contributed by atoms with Crippen molar-refractivity contribution < 1.29 is 13.2 Å². The Morgan fingerprint density at radius 2 is 1.83 bits per heavy atom. The van der Waals surface area contributed by atoms with Crippen LogP contribution in [0.3, 0.4) is 0 Å². The minimum Gasteiger partial charge on any atom is -0.353 e. The van der Waals surface area contributed by atoms with E-state index in [2.05, 4.69) is 40.4 Å². The molecular formula is C17H22N2O3S. The fourth-order valence-corrected chi connectivity index (χ4v) is 2.94. The standard InChI is InChI=1S/C17H22N2O3S/c1-13(19-17(20)9-10-18-23(2,21)22)11-14-7-8-15-5-3-4-6-16(15)12-14/h3-8,12-13,18H,9-11H2,1-2H3,(H,19,20)/t13-/m1/s1. The molecule has 0 aliphatic rings. The molecule has 0 saturated carbocycles. The van der Waals surface area contributed by atoms with Crippen molar-refractivity contribution in [3.05, 3.63) is 48.0 Å². The highest BCUT2D eigenvalue weighted by molar-refractivity contribution is 7.88. The lowest BCUT2D eigenvalue weighted by atomic mass is 10.0. The van der Waals surface area contributed by atoms with Gasteiger partial charge < -0.3 is 5.32 Å². The molecule has 0 bridgehead atoms. The summed E-state index contributed by atoms with van der Waals surface area (Å²) in [6.45, 7) is 2.06. The topological polar surface area (TPSA) is 75.3 Å². The van der Waals surface area contributed by atoms with Crippen LogP contribution in [0.15, 0.2) is 42.5 Å². The number of sulfonamides is 1. The molecule has 2 aromatic rings. The molecule has 0 saturated heterocycles. The van der Waals surface area contributed by atoms with Crippen LogP contribution in [0.5, 0.6) is 0 Å². The van der Waals surface area contributed by atoms with E-state index >= 15 is 0 Å². The summed E-state index contributed by atoms with van der Waals surface area (Å²) in [5.41, 5.74) is 1.16. The van der Waals surface area contributed by atoms with E-state index in [4.69, 9.17) is 0 Å². The van der Waals surface area contributed by atoms with Gasteiger partial charge in [-0.15, -0.1) is 0 Å². The van der Waals surface area contributed by atoms with E-state index in [-0.39, 0.29) is 24.9 Å². The summed E-state index contributed by atoms with van der Waals surface area (Å²) in [4.78, 5) is 11.8. The second-order valence-electron chi connectivity index (χ2n) is 5.77. The number of fused-ring (bicyclic) bond motifs is 1. The number of carbonyl (C=O) groups excluding carboxylic acids is 1. The number of benzene rings is 2. The maximum Gasteiger partial charge on any atom is 0.221 e. The zero-order valence-electron chi connectivity index (χ0n) is 13.4. The van der Waals surface area contributed by atoms with Gasteiger partial charge in [0, 0.05) is 19.0 Å². The zero-order valence-corrected chi connectivity index (χ0v) is 14.2. The molecule has 2 aromatic carbocycles. The van der Waals surface area contributed by atoms with Crippen LogP contribution in [0.1, 0.15) is 18.9 Å². The van der Waals surface area contributed by atoms with Crippen molar-refractivity contribution in [2.45, 2.75) is 25.8 Å². The number of rotatable bonds is 7. The van der Waals surface area contributed by atoms with Crippen LogP contribution in [0, 0.1) is 0 Å². The Balaban J connectivity index is 1.85. The largest absolute Gasteiger partial charge is 0.353 e. The van der Waals surface area contributed by atoms with E-state index in [0.717, 1.165) is 18.2 Å². The van der Waals surface area contributed by atoms with Crippen molar-refractivity contribution in [2.75, 3.05) is 12.8 Å². The van der Waals surface area contributed by atoms with Gasteiger partial charge in [-0.3, -0.25) is 4.79 Å². The highest BCUT2D eigenvalue weighted by Gasteiger charge is 2.09. The van der Waals surface area contributed by atoms with Gasteiger partial charge >= 0.3 is 0 Å². The average Bonchev–Trinajstić information content (AvgIpc) is 2.45. The third-order valence-electron chi connectivity index (χ3n) is 3.48. The lowest BCUT2D eigenvalue weighted by Gasteiger charge is -2.14. The van der Waals surface area contributed by atoms with Crippen molar-refractivity contribution in [1.82, 2.24) is 10.0 Å². The lowest BCUT2D eigenvalue weighted by molar-refractivity contribution is -0.121. The Labute approximate surface area is 137 Å². The highest BCUT2D eigenvalue weighted by Crippen LogP contribution is 2.16. The average molecular weight is 334 g/mol. The Bertz CT molecular complexity index is 787. The molecule has 2 rings (SSSR count). The third-order valence-corrected chi connectivity index (χ3v) is 4.21. The summed E-state index contributed by atoms with van der Waals surface area (Å²) < 4.78 is 24.2. The van der Waals surface area contributed by atoms with Crippen LogP contribution in [0.4, 0.5) is 0 Å². The second-order valence-corrected chi connectivity index (χ2v) is 7.60. The van der Waals surface area contributed by atoms with Gasteiger partial charge in [0.1, 0.15) is 0 Å². The molecule has 0 aliphatic heterocycles. The van der Waals surface area contributed by atoms with Crippen molar-refractivity contribution in [2.24, 2.45) is 0 Å². The molecular weight excluding hydrogens is 312 g/mol. The van der Waals surface area contributed by atoms with Crippen molar-refractivity contribution in [3.8, 4) is 0 Å². The molecule has 0 aliphatic carbocycles. The van der Waals surface area contributed by atoms with Crippen LogP contribution >= 0.6 is 0 Å². The molecule has 1 amide bonds. The number of hydrogen-bond acceptors (Lipinski definition) is 3.